The van der Waals surface area contributed by atoms with E-state index < -0.39 is 6.09 Å². The molecule has 0 saturated heterocycles. The summed E-state index contributed by atoms with van der Waals surface area (Å²) in [7, 11) is 0. The van der Waals surface area contributed by atoms with Gasteiger partial charge in [0.05, 0.1) is 12.9 Å². The Morgan fingerprint density at radius 1 is 1.40 bits per heavy atom. The molecule has 0 aromatic heterocycles. The lowest BCUT2D eigenvalue weighted by Gasteiger charge is -2.24. The molecule has 1 aromatic rings. The van der Waals surface area contributed by atoms with E-state index in [1.54, 1.807) is 0 Å². The van der Waals surface area contributed by atoms with Crippen LogP contribution in [-0.4, -0.2) is 46.7 Å². The van der Waals surface area contributed by atoms with Crippen molar-refractivity contribution in [1.29, 1.82) is 0 Å². The number of benzene rings is 1. The molecule has 0 aliphatic carbocycles. The Morgan fingerprint density at radius 3 is 2.90 bits per heavy atom. The molecule has 2 aliphatic heterocycles. The highest BCUT2D eigenvalue weighted by Gasteiger charge is 2.23. The normalized spacial score (nSPS) is 18.2. The maximum atomic E-state index is 11.0. The lowest BCUT2D eigenvalue weighted by molar-refractivity contribution is 0.106. The third kappa shape index (κ3) is 2.41. The summed E-state index contributed by atoms with van der Waals surface area (Å²) >= 11 is 0. The zero-order valence-corrected chi connectivity index (χ0v) is 11.3. The Bertz CT molecular complexity index is 559. The minimum Gasteiger partial charge on any atom is -0.471 e. The first-order chi connectivity index (χ1) is 9.63. The van der Waals surface area contributed by atoms with Crippen molar-refractivity contribution in [2.24, 2.45) is 4.99 Å². The van der Waals surface area contributed by atoms with Crippen LogP contribution >= 0.6 is 0 Å². The molecule has 2 heterocycles. The van der Waals surface area contributed by atoms with E-state index in [4.69, 9.17) is 9.84 Å². The molecular weight excluding hydrogens is 258 g/mol. The van der Waals surface area contributed by atoms with Crippen LogP contribution in [-0.2, 0) is 13.1 Å². The van der Waals surface area contributed by atoms with E-state index in [0.717, 1.165) is 30.0 Å². The Kier molecular flexibility index (Phi) is 3.22. The molecule has 0 spiro atoms. The van der Waals surface area contributed by atoms with Crippen LogP contribution in [0.4, 0.5) is 4.79 Å². The third-order valence-electron chi connectivity index (χ3n) is 3.66. The topological polar surface area (TPSA) is 65.4 Å². The zero-order valence-electron chi connectivity index (χ0n) is 11.3. The van der Waals surface area contributed by atoms with Gasteiger partial charge in [-0.05, 0) is 30.2 Å². The number of carbonyl (C=O) groups is 1. The van der Waals surface area contributed by atoms with Gasteiger partial charge < -0.3 is 14.7 Å². The van der Waals surface area contributed by atoms with Gasteiger partial charge >= 0.3 is 6.09 Å². The van der Waals surface area contributed by atoms with Gasteiger partial charge in [0.15, 0.2) is 6.23 Å². The molecule has 6 nitrogen and oxygen atoms in total. The van der Waals surface area contributed by atoms with Crippen molar-refractivity contribution >= 4 is 12.4 Å². The van der Waals surface area contributed by atoms with Gasteiger partial charge in [-0.1, -0.05) is 6.07 Å². The van der Waals surface area contributed by atoms with Crippen LogP contribution in [0.2, 0.25) is 0 Å². The maximum Gasteiger partial charge on any atom is 0.407 e. The predicted molar refractivity (Wildman–Crippen MR) is 73.9 cm³/mol. The van der Waals surface area contributed by atoms with Crippen molar-refractivity contribution in [1.82, 2.24) is 9.80 Å². The fourth-order valence-corrected chi connectivity index (χ4v) is 2.51. The average molecular weight is 275 g/mol. The van der Waals surface area contributed by atoms with Gasteiger partial charge in [-0.2, -0.15) is 0 Å². The number of rotatable bonds is 3. The number of nitrogens with zero attached hydrogens (tertiary/aromatic N) is 3. The second kappa shape index (κ2) is 5.03. The quantitative estimate of drug-likeness (QED) is 0.912. The Morgan fingerprint density at radius 2 is 2.20 bits per heavy atom. The first-order valence-electron chi connectivity index (χ1n) is 6.65. The van der Waals surface area contributed by atoms with Crippen molar-refractivity contribution in [2.75, 3.05) is 13.1 Å². The lowest BCUT2D eigenvalue weighted by Crippen LogP contribution is -2.34. The van der Waals surface area contributed by atoms with Crippen LogP contribution in [0.15, 0.2) is 23.2 Å². The molecule has 0 bridgehead atoms. The molecule has 2 aliphatic rings. The fourth-order valence-electron chi connectivity index (χ4n) is 2.51. The monoisotopic (exact) mass is 275 g/mol. The Balaban J connectivity index is 1.69. The molecule has 1 atom stereocenters. The first-order valence-corrected chi connectivity index (χ1v) is 6.65. The molecule has 20 heavy (non-hydrogen) atoms. The van der Waals surface area contributed by atoms with Crippen molar-refractivity contribution in [3.05, 3.63) is 29.3 Å². The Hall–Kier alpha value is -2.24. The summed E-state index contributed by atoms with van der Waals surface area (Å²) < 4.78 is 5.89. The van der Waals surface area contributed by atoms with Gasteiger partial charge in [0, 0.05) is 19.6 Å². The van der Waals surface area contributed by atoms with Crippen LogP contribution in [0.1, 0.15) is 18.1 Å². The molecule has 1 aromatic carbocycles. The summed E-state index contributed by atoms with van der Waals surface area (Å²) in [5.74, 6) is 0.767. The van der Waals surface area contributed by atoms with E-state index in [2.05, 4.69) is 4.99 Å². The summed E-state index contributed by atoms with van der Waals surface area (Å²) in [6.45, 7) is 4.55. The van der Waals surface area contributed by atoms with Crippen LogP contribution in [0, 0.1) is 0 Å². The molecule has 0 saturated carbocycles. The zero-order chi connectivity index (χ0) is 14.1. The van der Waals surface area contributed by atoms with Gasteiger partial charge in [-0.25, -0.2) is 4.79 Å². The third-order valence-corrected chi connectivity index (χ3v) is 3.66. The van der Waals surface area contributed by atoms with Crippen LogP contribution in [0.5, 0.6) is 5.75 Å². The molecule has 1 unspecified atom stereocenters. The number of aliphatic imine (C=N–C) groups is 1. The molecule has 3 rings (SSSR count). The summed E-state index contributed by atoms with van der Waals surface area (Å²) in [5.41, 5.74) is 2.07. The minimum absolute atomic E-state index is 0.0729. The summed E-state index contributed by atoms with van der Waals surface area (Å²) in [5, 5.41) is 9.02. The van der Waals surface area contributed by atoms with Crippen molar-refractivity contribution in [3.63, 3.8) is 0 Å². The molecule has 106 valence electrons. The van der Waals surface area contributed by atoms with Crippen molar-refractivity contribution < 1.29 is 14.6 Å². The largest absolute Gasteiger partial charge is 0.471 e. The van der Waals surface area contributed by atoms with E-state index >= 15 is 0 Å². The number of ether oxygens (including phenoxy) is 1. The molecule has 1 amide bonds. The van der Waals surface area contributed by atoms with Crippen LogP contribution < -0.4 is 4.74 Å². The lowest BCUT2D eigenvalue weighted by atomic mass is 10.1. The molecule has 0 fully saturated rings. The summed E-state index contributed by atoms with van der Waals surface area (Å²) in [6.07, 6.45) is 0.853. The highest BCUT2D eigenvalue weighted by Crippen LogP contribution is 2.27. The fraction of sp³-hybridized carbons (Fsp3) is 0.429. The minimum atomic E-state index is -0.884. The van der Waals surface area contributed by atoms with Gasteiger partial charge in [0.1, 0.15) is 5.75 Å². The van der Waals surface area contributed by atoms with Gasteiger partial charge in [-0.3, -0.25) is 9.89 Å². The summed E-state index contributed by atoms with van der Waals surface area (Å²) in [4.78, 5) is 18.6. The summed E-state index contributed by atoms with van der Waals surface area (Å²) in [6, 6.07) is 5.77. The van der Waals surface area contributed by atoms with E-state index in [0.29, 0.717) is 13.1 Å². The van der Waals surface area contributed by atoms with Gasteiger partial charge in [0.25, 0.3) is 0 Å². The van der Waals surface area contributed by atoms with Gasteiger partial charge in [0.2, 0.25) is 0 Å². The second-order valence-corrected chi connectivity index (χ2v) is 5.05. The number of amides is 1. The Labute approximate surface area is 117 Å². The smallest absolute Gasteiger partial charge is 0.407 e. The standard InChI is InChI=1S/C14H17N3O3/c1-10(16-5-4-15-9-16)20-13-3-2-11-7-17(14(18)19)8-12(11)6-13/h2-3,6,9-10H,4-5,7-8H2,1H3,(H,18,19). The number of hydrogen-bond acceptors (Lipinski definition) is 4. The van der Waals surface area contributed by atoms with E-state index in [-0.39, 0.29) is 6.23 Å². The average Bonchev–Trinajstić information content (AvgIpc) is 3.07. The molecule has 0 radical (unpaired) electrons. The van der Waals surface area contributed by atoms with Crippen LogP contribution in [0.3, 0.4) is 0 Å². The highest BCUT2D eigenvalue weighted by atomic mass is 16.5. The van der Waals surface area contributed by atoms with Gasteiger partial charge in [-0.15, -0.1) is 0 Å². The van der Waals surface area contributed by atoms with Crippen LogP contribution in [0.25, 0.3) is 0 Å². The predicted octanol–water partition coefficient (Wildman–Crippen LogP) is 1.75. The van der Waals surface area contributed by atoms with Crippen molar-refractivity contribution in [2.45, 2.75) is 26.2 Å². The van der Waals surface area contributed by atoms with Crippen molar-refractivity contribution in [3.8, 4) is 5.75 Å². The van der Waals surface area contributed by atoms with E-state index in [1.807, 2.05) is 36.4 Å². The van der Waals surface area contributed by atoms with E-state index in [9.17, 15) is 4.79 Å². The first kappa shape index (κ1) is 12.8. The highest BCUT2D eigenvalue weighted by molar-refractivity contribution is 5.66. The maximum absolute atomic E-state index is 11.0. The number of carboxylic acid groups (broad SMARTS) is 1. The number of hydrogen-bond donors (Lipinski definition) is 1. The van der Waals surface area contributed by atoms with E-state index in [1.165, 1.54) is 4.90 Å². The molecular formula is C14H17N3O3. The molecule has 1 N–H and O–H groups in total. The molecule has 6 heteroatoms. The second-order valence-electron chi connectivity index (χ2n) is 5.05. The SMILES string of the molecule is CC(Oc1ccc2c(c1)CN(C(=O)O)C2)N1C=NCC1. The number of fused-ring (bicyclic) bond motifs is 1.